The molecule has 1 amide bonds. The minimum absolute atomic E-state index is 0.00936. The Morgan fingerprint density at radius 2 is 1.93 bits per heavy atom. The van der Waals surface area contributed by atoms with Crippen LogP contribution in [0.1, 0.15) is 48.8 Å². The van der Waals surface area contributed by atoms with Gasteiger partial charge in [-0.25, -0.2) is 4.99 Å². The summed E-state index contributed by atoms with van der Waals surface area (Å²) in [5.41, 5.74) is 5.15. The molecule has 0 bridgehead atoms. The first kappa shape index (κ1) is 19.1. The van der Waals surface area contributed by atoms with Crippen LogP contribution in [0, 0.1) is 13.8 Å². The third-order valence-corrected chi connectivity index (χ3v) is 6.52. The fourth-order valence-electron chi connectivity index (χ4n) is 3.99. The number of nitrogens with one attached hydrogen (secondary N) is 2. The van der Waals surface area contributed by atoms with E-state index in [2.05, 4.69) is 34.9 Å². The van der Waals surface area contributed by atoms with Crippen LogP contribution in [0.3, 0.4) is 0 Å². The molecule has 2 aliphatic rings. The van der Waals surface area contributed by atoms with Gasteiger partial charge in [0.25, 0.3) is 0 Å². The second-order valence-electron chi connectivity index (χ2n) is 7.84. The molecule has 1 aliphatic carbocycles. The van der Waals surface area contributed by atoms with Crippen LogP contribution >= 0.6 is 11.8 Å². The maximum atomic E-state index is 12.6. The first-order chi connectivity index (χ1) is 13.5. The molecule has 1 aliphatic heterocycles. The van der Waals surface area contributed by atoms with E-state index in [0.29, 0.717) is 5.75 Å². The lowest BCUT2D eigenvalue weighted by Gasteiger charge is -2.39. The average molecular weight is 394 g/mol. The zero-order chi connectivity index (χ0) is 19.6. The number of aryl methyl sites for hydroxylation is 2. The van der Waals surface area contributed by atoms with Crippen LogP contribution in [0.5, 0.6) is 0 Å². The maximum absolute atomic E-state index is 12.6. The predicted octanol–water partition coefficient (Wildman–Crippen LogP) is 5.51. The molecular weight excluding hydrogens is 366 g/mol. The summed E-state index contributed by atoms with van der Waals surface area (Å²) in [4.78, 5) is 17.7. The third-order valence-electron chi connectivity index (χ3n) is 5.53. The highest BCUT2D eigenvalue weighted by molar-refractivity contribution is 8.15. The van der Waals surface area contributed by atoms with Gasteiger partial charge in [0, 0.05) is 16.9 Å². The molecule has 1 saturated carbocycles. The van der Waals surface area contributed by atoms with Gasteiger partial charge in [0.15, 0.2) is 0 Å². The van der Waals surface area contributed by atoms with Gasteiger partial charge < -0.3 is 10.6 Å². The predicted molar refractivity (Wildman–Crippen MR) is 119 cm³/mol. The standard InChI is InChI=1S/C23H27N3OS/c1-16-10-11-17(2)20(14-16)24-21(27)15-28-22-18-8-4-5-9-19(18)25-23(26-22)12-6-3-7-13-23/h4-5,8-11,14,25H,3,6-7,12-13,15H2,1-2H3,(H,24,27). The van der Waals surface area contributed by atoms with Crippen LogP contribution in [0.25, 0.3) is 0 Å². The van der Waals surface area contributed by atoms with Crippen LogP contribution in [-0.2, 0) is 4.79 Å². The monoisotopic (exact) mass is 393 g/mol. The Morgan fingerprint density at radius 1 is 1.14 bits per heavy atom. The van der Waals surface area contributed by atoms with Gasteiger partial charge in [-0.3, -0.25) is 4.79 Å². The molecular formula is C23H27N3OS. The number of anilines is 2. The lowest BCUT2D eigenvalue weighted by molar-refractivity contribution is -0.113. The van der Waals surface area contributed by atoms with Crippen LogP contribution < -0.4 is 10.6 Å². The molecule has 2 N–H and O–H groups in total. The van der Waals surface area contributed by atoms with E-state index in [1.807, 2.05) is 32.0 Å². The highest BCUT2D eigenvalue weighted by atomic mass is 32.2. The van der Waals surface area contributed by atoms with Crippen molar-refractivity contribution in [1.29, 1.82) is 0 Å². The van der Waals surface area contributed by atoms with Crippen molar-refractivity contribution in [2.45, 2.75) is 51.6 Å². The van der Waals surface area contributed by atoms with Crippen molar-refractivity contribution >= 4 is 34.1 Å². The number of amides is 1. The van der Waals surface area contributed by atoms with E-state index in [4.69, 9.17) is 4.99 Å². The van der Waals surface area contributed by atoms with E-state index >= 15 is 0 Å². The first-order valence-electron chi connectivity index (χ1n) is 10.0. The van der Waals surface area contributed by atoms with Crippen molar-refractivity contribution in [3.8, 4) is 0 Å². The number of aliphatic imine (C=N–C) groups is 1. The Labute approximate surface area is 171 Å². The molecule has 2 aromatic rings. The summed E-state index contributed by atoms with van der Waals surface area (Å²) in [7, 11) is 0. The molecule has 28 heavy (non-hydrogen) atoms. The number of carbonyl (C=O) groups is 1. The van der Waals surface area contributed by atoms with E-state index in [9.17, 15) is 4.79 Å². The number of hydrogen-bond acceptors (Lipinski definition) is 4. The number of benzene rings is 2. The number of rotatable bonds is 3. The van der Waals surface area contributed by atoms with Crippen molar-refractivity contribution in [2.75, 3.05) is 16.4 Å². The number of carbonyl (C=O) groups excluding carboxylic acids is 1. The molecule has 2 aromatic carbocycles. The van der Waals surface area contributed by atoms with Crippen LogP contribution in [0.2, 0.25) is 0 Å². The second-order valence-corrected chi connectivity index (χ2v) is 8.80. The summed E-state index contributed by atoms with van der Waals surface area (Å²) in [5, 5.41) is 7.72. The fraction of sp³-hybridized carbons (Fsp3) is 0.391. The number of hydrogen-bond donors (Lipinski definition) is 2. The van der Waals surface area contributed by atoms with Crippen molar-refractivity contribution in [3.63, 3.8) is 0 Å². The topological polar surface area (TPSA) is 53.5 Å². The van der Waals surface area contributed by atoms with Gasteiger partial charge in [-0.1, -0.05) is 48.5 Å². The number of fused-ring (bicyclic) bond motifs is 1. The molecule has 0 unspecified atom stereocenters. The number of thioether (sulfide) groups is 1. The van der Waals surface area contributed by atoms with E-state index in [-0.39, 0.29) is 11.6 Å². The van der Waals surface area contributed by atoms with E-state index in [1.165, 1.54) is 19.3 Å². The molecule has 5 heteroatoms. The van der Waals surface area contributed by atoms with Crippen molar-refractivity contribution in [1.82, 2.24) is 0 Å². The Bertz CT molecular complexity index is 916. The largest absolute Gasteiger partial charge is 0.361 e. The average Bonchev–Trinajstić information content (AvgIpc) is 2.69. The SMILES string of the molecule is Cc1ccc(C)c(NC(=O)CSC2=NC3(CCCCC3)Nc3ccccc32)c1. The van der Waals surface area contributed by atoms with E-state index in [1.54, 1.807) is 11.8 Å². The number of para-hydroxylation sites is 1. The fourth-order valence-corrected chi connectivity index (χ4v) is 4.90. The van der Waals surface area contributed by atoms with Gasteiger partial charge in [0.1, 0.15) is 10.7 Å². The summed E-state index contributed by atoms with van der Waals surface area (Å²) in [5.74, 6) is 0.367. The summed E-state index contributed by atoms with van der Waals surface area (Å²) in [6.07, 6.45) is 5.79. The lowest BCUT2D eigenvalue weighted by Crippen LogP contribution is -2.42. The third kappa shape index (κ3) is 4.09. The van der Waals surface area contributed by atoms with Crippen molar-refractivity contribution in [3.05, 3.63) is 59.2 Å². The van der Waals surface area contributed by atoms with Gasteiger partial charge in [0.2, 0.25) is 5.91 Å². The normalized spacial score (nSPS) is 17.4. The highest BCUT2D eigenvalue weighted by Gasteiger charge is 2.36. The molecule has 146 valence electrons. The van der Waals surface area contributed by atoms with Crippen molar-refractivity contribution < 1.29 is 4.79 Å². The van der Waals surface area contributed by atoms with E-state index < -0.39 is 0 Å². The molecule has 0 aromatic heterocycles. The van der Waals surface area contributed by atoms with Gasteiger partial charge >= 0.3 is 0 Å². The Morgan fingerprint density at radius 3 is 2.75 bits per heavy atom. The van der Waals surface area contributed by atoms with Crippen LogP contribution in [0.15, 0.2) is 47.5 Å². The molecule has 0 radical (unpaired) electrons. The summed E-state index contributed by atoms with van der Waals surface area (Å²) in [6, 6.07) is 14.4. The van der Waals surface area contributed by atoms with Crippen LogP contribution in [-0.4, -0.2) is 22.4 Å². The Hall–Kier alpha value is -2.27. The first-order valence-corrected chi connectivity index (χ1v) is 11.0. The quantitative estimate of drug-likeness (QED) is 0.723. The highest BCUT2D eigenvalue weighted by Crippen LogP contribution is 2.39. The lowest BCUT2D eigenvalue weighted by atomic mass is 9.88. The minimum Gasteiger partial charge on any atom is -0.361 e. The second kappa shape index (κ2) is 8.00. The summed E-state index contributed by atoms with van der Waals surface area (Å²) < 4.78 is 0. The minimum atomic E-state index is -0.196. The Balaban J connectivity index is 1.50. The number of nitrogens with zero attached hydrogens (tertiary/aromatic N) is 1. The molecule has 4 rings (SSSR count). The molecule has 1 spiro atoms. The zero-order valence-corrected chi connectivity index (χ0v) is 17.4. The van der Waals surface area contributed by atoms with Crippen molar-refractivity contribution in [2.24, 2.45) is 4.99 Å². The molecule has 0 atom stereocenters. The van der Waals surface area contributed by atoms with Gasteiger partial charge in [-0.05, 0) is 62.8 Å². The summed E-state index contributed by atoms with van der Waals surface area (Å²) >= 11 is 1.54. The van der Waals surface area contributed by atoms with Crippen LogP contribution in [0.4, 0.5) is 11.4 Å². The summed E-state index contributed by atoms with van der Waals surface area (Å²) in [6.45, 7) is 4.05. The Kier molecular flexibility index (Phi) is 5.44. The molecule has 0 saturated heterocycles. The molecule has 4 nitrogen and oxygen atoms in total. The van der Waals surface area contributed by atoms with Gasteiger partial charge in [-0.2, -0.15) is 0 Å². The molecule has 1 fully saturated rings. The molecule has 1 heterocycles. The zero-order valence-electron chi connectivity index (χ0n) is 16.5. The van der Waals surface area contributed by atoms with E-state index in [0.717, 1.165) is 46.0 Å². The van der Waals surface area contributed by atoms with Gasteiger partial charge in [0.05, 0.1) is 5.75 Å². The smallest absolute Gasteiger partial charge is 0.234 e. The van der Waals surface area contributed by atoms with Gasteiger partial charge in [-0.15, -0.1) is 0 Å². The maximum Gasteiger partial charge on any atom is 0.234 e.